The molecule has 0 spiro atoms. The first-order valence-electron chi connectivity index (χ1n) is 12.0. The van der Waals surface area contributed by atoms with E-state index in [1.165, 1.54) is 12.4 Å². The first-order valence-corrected chi connectivity index (χ1v) is 12.0. The summed E-state index contributed by atoms with van der Waals surface area (Å²) < 4.78 is 6.86. The molecule has 1 unspecified atom stereocenters. The number of nitrogens with zero attached hydrogens (tertiary/aromatic N) is 3. The molecule has 4 rings (SSSR count). The zero-order chi connectivity index (χ0) is 24.8. The molecule has 1 aromatic heterocycles. The number of fused-ring (bicyclic) bond motifs is 1. The molecule has 1 aliphatic heterocycles. The fourth-order valence-corrected chi connectivity index (χ4v) is 4.27. The summed E-state index contributed by atoms with van der Waals surface area (Å²) in [5.74, 6) is 1.52. The van der Waals surface area contributed by atoms with Crippen molar-refractivity contribution in [3.8, 4) is 5.75 Å². The van der Waals surface area contributed by atoms with Crippen LogP contribution in [0.15, 0.2) is 66.1 Å². The molecule has 35 heavy (non-hydrogen) atoms. The number of hydrogen-bond acceptors (Lipinski definition) is 5. The van der Waals surface area contributed by atoms with Gasteiger partial charge in [0, 0.05) is 30.4 Å². The maximum atomic E-state index is 13.2. The van der Waals surface area contributed by atoms with Crippen LogP contribution in [0, 0.1) is 11.1 Å². The summed E-state index contributed by atoms with van der Waals surface area (Å²) in [6.07, 6.45) is 5.91. The smallest absolute Gasteiger partial charge is 0.265 e. The van der Waals surface area contributed by atoms with Gasteiger partial charge in [0.1, 0.15) is 18.7 Å². The summed E-state index contributed by atoms with van der Waals surface area (Å²) in [5.41, 5.74) is 1.71. The number of anilines is 2. The molecule has 1 atom stereocenters. The standard InChI is InChI=1S/C27H32N4O4/c1-19(2)16-25(35-24-12-7-20-13-15-30(33)18-21(20)17-24)27(32)28-22-8-10-23(11-9-22)31-14-5-4-6-26(31)29-34-3/h7-13,15,17-19,25H,4-6,14,16H2,1-3H3,(H,28,32). The summed E-state index contributed by atoms with van der Waals surface area (Å²) in [5, 5.41) is 20.5. The molecule has 0 aliphatic carbocycles. The molecule has 1 N–H and O–H groups in total. The molecule has 3 aromatic rings. The van der Waals surface area contributed by atoms with E-state index in [9.17, 15) is 10.0 Å². The highest BCUT2D eigenvalue weighted by atomic mass is 16.6. The van der Waals surface area contributed by atoms with Crippen LogP contribution in [0.4, 0.5) is 11.4 Å². The number of carbonyl (C=O) groups is 1. The molecule has 1 amide bonds. The molecule has 0 radical (unpaired) electrons. The topological polar surface area (TPSA) is 90.1 Å². The minimum atomic E-state index is -0.669. The maximum Gasteiger partial charge on any atom is 0.265 e. The predicted octanol–water partition coefficient (Wildman–Crippen LogP) is 4.86. The number of carbonyl (C=O) groups excluding carboxylic acids is 1. The van der Waals surface area contributed by atoms with E-state index < -0.39 is 6.10 Å². The van der Waals surface area contributed by atoms with Gasteiger partial charge in [0.25, 0.3) is 5.91 Å². The van der Waals surface area contributed by atoms with Crippen LogP contribution in [0.3, 0.4) is 0 Å². The van der Waals surface area contributed by atoms with E-state index in [1.807, 2.05) is 36.4 Å². The number of aromatic nitrogens is 1. The molecule has 1 saturated heterocycles. The number of oxime groups is 1. The second kappa shape index (κ2) is 11.1. The van der Waals surface area contributed by atoms with E-state index in [-0.39, 0.29) is 11.8 Å². The van der Waals surface area contributed by atoms with E-state index in [0.29, 0.717) is 17.9 Å². The second-order valence-electron chi connectivity index (χ2n) is 9.17. The van der Waals surface area contributed by atoms with E-state index in [4.69, 9.17) is 9.57 Å². The lowest BCUT2D eigenvalue weighted by molar-refractivity contribution is -0.603. The van der Waals surface area contributed by atoms with Crippen LogP contribution in [0.2, 0.25) is 0 Å². The first-order chi connectivity index (χ1) is 16.9. The Labute approximate surface area is 205 Å². The number of ether oxygens (including phenoxy) is 1. The lowest BCUT2D eigenvalue weighted by atomic mass is 10.0. The predicted molar refractivity (Wildman–Crippen MR) is 137 cm³/mol. The van der Waals surface area contributed by atoms with Crippen molar-refractivity contribution >= 4 is 33.9 Å². The zero-order valence-corrected chi connectivity index (χ0v) is 20.4. The summed E-state index contributed by atoms with van der Waals surface area (Å²) in [7, 11) is 1.56. The van der Waals surface area contributed by atoms with Crippen molar-refractivity contribution in [1.29, 1.82) is 0 Å². The third-order valence-electron chi connectivity index (χ3n) is 5.97. The Kier molecular flexibility index (Phi) is 7.70. The van der Waals surface area contributed by atoms with Gasteiger partial charge < -0.3 is 25.0 Å². The number of amidine groups is 1. The Balaban J connectivity index is 1.47. The van der Waals surface area contributed by atoms with E-state index >= 15 is 0 Å². The van der Waals surface area contributed by atoms with Crippen LogP contribution < -0.4 is 19.7 Å². The molecule has 8 heteroatoms. The van der Waals surface area contributed by atoms with Gasteiger partial charge >= 0.3 is 0 Å². The van der Waals surface area contributed by atoms with Gasteiger partial charge in [-0.2, -0.15) is 4.73 Å². The molecule has 2 aromatic carbocycles. The molecule has 1 aliphatic rings. The summed E-state index contributed by atoms with van der Waals surface area (Å²) >= 11 is 0. The van der Waals surface area contributed by atoms with Gasteiger partial charge in [-0.1, -0.05) is 25.1 Å². The highest BCUT2D eigenvalue weighted by molar-refractivity contribution is 5.99. The highest BCUT2D eigenvalue weighted by Gasteiger charge is 2.23. The van der Waals surface area contributed by atoms with E-state index in [1.54, 1.807) is 19.2 Å². The van der Waals surface area contributed by atoms with Crippen LogP contribution in [-0.2, 0) is 9.63 Å². The molecule has 2 heterocycles. The van der Waals surface area contributed by atoms with Gasteiger partial charge in [-0.25, -0.2) is 0 Å². The Hall–Kier alpha value is -3.81. The molecule has 0 bridgehead atoms. The number of pyridine rings is 1. The fraction of sp³-hybridized carbons (Fsp3) is 0.370. The lowest BCUT2D eigenvalue weighted by Gasteiger charge is -2.29. The second-order valence-corrected chi connectivity index (χ2v) is 9.17. The van der Waals surface area contributed by atoms with Gasteiger partial charge in [-0.05, 0) is 67.0 Å². The van der Waals surface area contributed by atoms with Crippen LogP contribution in [-0.4, -0.2) is 31.5 Å². The van der Waals surface area contributed by atoms with Crippen molar-refractivity contribution in [2.24, 2.45) is 11.1 Å². The monoisotopic (exact) mass is 476 g/mol. The Morgan fingerprint density at radius 3 is 2.69 bits per heavy atom. The van der Waals surface area contributed by atoms with Crippen molar-refractivity contribution in [2.75, 3.05) is 23.9 Å². The van der Waals surface area contributed by atoms with Crippen LogP contribution >= 0.6 is 0 Å². The van der Waals surface area contributed by atoms with E-state index in [0.717, 1.165) is 52.8 Å². The van der Waals surface area contributed by atoms with Gasteiger partial charge in [0.2, 0.25) is 0 Å². The third-order valence-corrected chi connectivity index (χ3v) is 5.97. The van der Waals surface area contributed by atoms with Crippen LogP contribution in [0.5, 0.6) is 5.75 Å². The average molecular weight is 477 g/mol. The van der Waals surface area contributed by atoms with Crippen molar-refractivity contribution in [3.63, 3.8) is 0 Å². The summed E-state index contributed by atoms with van der Waals surface area (Å²) in [6.45, 7) is 4.99. The van der Waals surface area contributed by atoms with Gasteiger partial charge in [0.05, 0.1) is 5.39 Å². The number of amides is 1. The Morgan fingerprint density at radius 1 is 1.14 bits per heavy atom. The molecular formula is C27H32N4O4. The van der Waals surface area contributed by atoms with Crippen molar-refractivity contribution in [2.45, 2.75) is 45.6 Å². The Morgan fingerprint density at radius 2 is 1.94 bits per heavy atom. The molecular weight excluding hydrogens is 444 g/mol. The quantitative estimate of drug-likeness (QED) is 0.285. The Bertz CT molecular complexity index is 1190. The number of benzene rings is 2. The lowest BCUT2D eigenvalue weighted by Crippen LogP contribution is -2.35. The van der Waals surface area contributed by atoms with Gasteiger partial charge in [-0.3, -0.25) is 4.79 Å². The molecule has 1 fully saturated rings. The van der Waals surface area contributed by atoms with Crippen LogP contribution in [0.25, 0.3) is 10.8 Å². The van der Waals surface area contributed by atoms with Crippen molar-refractivity contribution in [3.05, 3.63) is 66.1 Å². The molecule has 0 saturated carbocycles. The number of hydrogen-bond donors (Lipinski definition) is 1. The molecule has 184 valence electrons. The number of piperidine rings is 1. The van der Waals surface area contributed by atoms with Gasteiger partial charge in [0.15, 0.2) is 18.5 Å². The zero-order valence-electron chi connectivity index (χ0n) is 20.4. The first kappa shape index (κ1) is 24.3. The summed E-state index contributed by atoms with van der Waals surface area (Å²) in [4.78, 5) is 20.3. The minimum absolute atomic E-state index is 0.210. The van der Waals surface area contributed by atoms with Crippen molar-refractivity contribution in [1.82, 2.24) is 0 Å². The van der Waals surface area contributed by atoms with E-state index in [2.05, 4.69) is 29.2 Å². The summed E-state index contributed by atoms with van der Waals surface area (Å²) in [6, 6.07) is 15.0. The van der Waals surface area contributed by atoms with Crippen molar-refractivity contribution < 1.29 is 19.1 Å². The average Bonchev–Trinajstić information content (AvgIpc) is 2.84. The van der Waals surface area contributed by atoms with Crippen LogP contribution in [0.1, 0.15) is 39.5 Å². The third kappa shape index (κ3) is 6.20. The number of rotatable bonds is 8. The highest BCUT2D eigenvalue weighted by Crippen LogP contribution is 2.25. The normalized spacial score (nSPS) is 15.9. The largest absolute Gasteiger partial charge is 0.619 e. The maximum absolute atomic E-state index is 13.2. The van der Waals surface area contributed by atoms with Gasteiger partial charge in [-0.15, -0.1) is 0 Å². The minimum Gasteiger partial charge on any atom is -0.619 e. The number of nitrogens with one attached hydrogen (secondary N) is 1. The molecule has 8 nitrogen and oxygen atoms in total. The SMILES string of the molecule is CON=C1CCCCN1c1ccc(NC(=O)C(CC(C)C)Oc2ccc3cc[n+]([O-])cc3c2)cc1. The fourth-order valence-electron chi connectivity index (χ4n) is 4.27.